The molecule has 3 heterocycles. The van der Waals surface area contributed by atoms with Gasteiger partial charge in [0, 0.05) is 52.4 Å². The maximum Gasteiger partial charge on any atom is 0.320 e. The van der Waals surface area contributed by atoms with Gasteiger partial charge in [-0.05, 0) is 44.0 Å². The Hall–Kier alpha value is -3.48. The summed E-state index contributed by atoms with van der Waals surface area (Å²) in [4.78, 5) is 32.5. The summed E-state index contributed by atoms with van der Waals surface area (Å²) in [6.07, 6.45) is 5.54. The number of esters is 1. The van der Waals surface area contributed by atoms with Gasteiger partial charge in [0.15, 0.2) is 17.0 Å². The highest BCUT2D eigenvalue weighted by Crippen LogP contribution is 2.26. The fourth-order valence-corrected chi connectivity index (χ4v) is 5.51. The molecule has 2 aromatic heterocycles. The first kappa shape index (κ1) is 33.4. The van der Waals surface area contributed by atoms with Crippen LogP contribution in [0.25, 0.3) is 11.2 Å². The number of nitrogens with two attached hydrogens (primary N) is 1. The van der Waals surface area contributed by atoms with Crippen LogP contribution in [-0.4, -0.2) is 114 Å². The number of hydrogen-bond acceptors (Lipinski definition) is 11. The van der Waals surface area contributed by atoms with Gasteiger partial charge in [-0.2, -0.15) is 15.0 Å². The molecule has 0 amide bonds. The van der Waals surface area contributed by atoms with Crippen molar-refractivity contribution in [2.75, 3.05) is 79.4 Å². The van der Waals surface area contributed by atoms with E-state index in [1.165, 1.54) is 12.7 Å². The van der Waals surface area contributed by atoms with Gasteiger partial charge in [0.25, 0.3) is 6.01 Å². The molecule has 1 aliphatic rings. The van der Waals surface area contributed by atoms with E-state index < -0.39 is 0 Å². The van der Waals surface area contributed by atoms with Crippen LogP contribution in [0.1, 0.15) is 50.2 Å². The van der Waals surface area contributed by atoms with Gasteiger partial charge in [0.2, 0.25) is 0 Å². The quantitative estimate of drug-likeness (QED) is 0.169. The second-order valence-electron chi connectivity index (χ2n) is 11.6. The minimum absolute atomic E-state index is 0.206. The van der Waals surface area contributed by atoms with Crippen LogP contribution in [-0.2, 0) is 29.0 Å². The van der Waals surface area contributed by atoms with E-state index >= 15 is 0 Å². The zero-order valence-electron chi connectivity index (χ0n) is 27.0. The number of ether oxygens (including phenoxy) is 3. The Morgan fingerprint density at radius 2 is 1.68 bits per heavy atom. The third-order valence-corrected chi connectivity index (χ3v) is 8.12. The topological polar surface area (TPSA) is 124 Å². The van der Waals surface area contributed by atoms with E-state index in [1.807, 2.05) is 16.7 Å². The van der Waals surface area contributed by atoms with Crippen LogP contribution >= 0.6 is 0 Å². The third-order valence-electron chi connectivity index (χ3n) is 8.12. The van der Waals surface area contributed by atoms with Gasteiger partial charge in [-0.3, -0.25) is 14.3 Å². The van der Waals surface area contributed by atoms with Crippen molar-refractivity contribution in [1.82, 2.24) is 34.2 Å². The molecule has 1 aromatic carbocycles. The van der Waals surface area contributed by atoms with E-state index in [0.29, 0.717) is 42.0 Å². The summed E-state index contributed by atoms with van der Waals surface area (Å²) in [7, 11) is 5.20. The average molecular weight is 611 g/mol. The molecule has 2 N–H and O–H groups in total. The summed E-state index contributed by atoms with van der Waals surface area (Å²) in [6.45, 7) is 11.9. The largest absolute Gasteiger partial charge is 0.469 e. The number of nitrogen functional groups attached to an aromatic ring is 1. The molecule has 12 heteroatoms. The van der Waals surface area contributed by atoms with Gasteiger partial charge in [0.1, 0.15) is 0 Å². The fraction of sp³-hybridized carbons (Fsp3) is 0.625. The molecule has 1 saturated heterocycles. The highest BCUT2D eigenvalue weighted by atomic mass is 16.5. The molecular formula is C32H50N8O4. The van der Waals surface area contributed by atoms with Crippen molar-refractivity contribution in [1.29, 1.82) is 0 Å². The number of fused-ring (bicyclic) bond motifs is 1. The molecule has 242 valence electrons. The molecule has 1 aliphatic heterocycles. The Bertz CT molecular complexity index is 1330. The molecule has 0 aliphatic carbocycles. The maximum absolute atomic E-state index is 11.6. The molecule has 0 radical (unpaired) electrons. The lowest BCUT2D eigenvalue weighted by atomic mass is 10.1. The van der Waals surface area contributed by atoms with E-state index in [2.05, 4.69) is 55.8 Å². The van der Waals surface area contributed by atoms with Crippen LogP contribution in [0.15, 0.2) is 24.3 Å². The lowest BCUT2D eigenvalue weighted by molar-refractivity contribution is -0.139. The Labute approximate surface area is 261 Å². The van der Waals surface area contributed by atoms with Gasteiger partial charge in [-0.25, -0.2) is 0 Å². The number of benzene rings is 1. The molecule has 3 aromatic rings. The monoisotopic (exact) mass is 610 g/mol. The van der Waals surface area contributed by atoms with Crippen molar-refractivity contribution in [2.45, 2.75) is 58.5 Å². The van der Waals surface area contributed by atoms with Gasteiger partial charge < -0.3 is 29.7 Å². The minimum atomic E-state index is -0.206. The molecule has 0 bridgehead atoms. The Balaban J connectivity index is 1.14. The number of carbonyl (C=O) groups excluding carboxylic acids is 1. The number of imidazole rings is 1. The maximum atomic E-state index is 11.6. The summed E-state index contributed by atoms with van der Waals surface area (Å²) in [5, 5.41) is 0. The van der Waals surface area contributed by atoms with Gasteiger partial charge in [0.05, 0.1) is 27.2 Å². The number of aryl methyl sites for hydroxylation is 1. The second-order valence-corrected chi connectivity index (χ2v) is 11.6. The average Bonchev–Trinajstić information content (AvgIpc) is 3.38. The number of carbonyl (C=O) groups is 1. The molecule has 0 unspecified atom stereocenters. The molecular weight excluding hydrogens is 560 g/mol. The molecule has 0 saturated carbocycles. The lowest BCUT2D eigenvalue weighted by Gasteiger charge is -2.35. The van der Waals surface area contributed by atoms with Crippen molar-refractivity contribution >= 4 is 23.0 Å². The normalized spacial score (nSPS) is 14.4. The standard InChI is InChI=1S/C32H50N8O4/c1-5-6-21-44-31-35-29(33)28-30(36-31)40(32(34-28)43-4)14-9-7-8-13-38-17-19-39(20-18-38)16-15-37(2)24-26-12-10-11-25(22-26)23-27(41)42-3/h10-12,22H,5-9,13-21,23-24H2,1-4H3,(H2,33,35,36). The first-order valence-electron chi connectivity index (χ1n) is 15.9. The van der Waals surface area contributed by atoms with Crippen LogP contribution in [0, 0.1) is 0 Å². The molecule has 1 fully saturated rings. The molecule has 44 heavy (non-hydrogen) atoms. The van der Waals surface area contributed by atoms with Crippen molar-refractivity contribution < 1.29 is 19.0 Å². The van der Waals surface area contributed by atoms with Gasteiger partial charge >= 0.3 is 12.0 Å². The van der Waals surface area contributed by atoms with Crippen LogP contribution < -0.4 is 15.2 Å². The molecule has 12 nitrogen and oxygen atoms in total. The number of piperazine rings is 1. The van der Waals surface area contributed by atoms with Crippen LogP contribution in [0.4, 0.5) is 5.82 Å². The van der Waals surface area contributed by atoms with E-state index in [1.54, 1.807) is 7.11 Å². The predicted molar refractivity (Wildman–Crippen MR) is 172 cm³/mol. The Morgan fingerprint density at radius 1 is 0.955 bits per heavy atom. The van der Waals surface area contributed by atoms with Gasteiger partial charge in [-0.15, -0.1) is 0 Å². The zero-order chi connectivity index (χ0) is 31.3. The lowest BCUT2D eigenvalue weighted by Crippen LogP contribution is -2.48. The first-order valence-corrected chi connectivity index (χ1v) is 15.9. The SMILES string of the molecule is CCCCOc1nc(N)c2nc(OC)n(CCCCCN3CCN(CCN(C)Cc4cccc(CC(=O)OC)c4)CC3)c2n1. The predicted octanol–water partition coefficient (Wildman–Crippen LogP) is 3.23. The number of unbranched alkanes of at least 4 members (excludes halogenated alkanes) is 3. The summed E-state index contributed by atoms with van der Waals surface area (Å²) >= 11 is 0. The van der Waals surface area contributed by atoms with Gasteiger partial charge in [-0.1, -0.05) is 44.0 Å². The molecule has 4 rings (SSSR count). The van der Waals surface area contributed by atoms with Crippen LogP contribution in [0.2, 0.25) is 0 Å². The van der Waals surface area contributed by atoms with Crippen molar-refractivity contribution in [3.05, 3.63) is 35.4 Å². The minimum Gasteiger partial charge on any atom is -0.469 e. The number of methoxy groups -OCH3 is 2. The van der Waals surface area contributed by atoms with E-state index in [9.17, 15) is 4.79 Å². The van der Waals surface area contributed by atoms with Crippen LogP contribution in [0.5, 0.6) is 12.0 Å². The van der Waals surface area contributed by atoms with E-state index in [4.69, 9.17) is 19.9 Å². The summed E-state index contributed by atoms with van der Waals surface area (Å²) in [6, 6.07) is 9.01. The van der Waals surface area contributed by atoms with Crippen molar-refractivity contribution in [2.24, 2.45) is 0 Å². The number of hydrogen-bond donors (Lipinski definition) is 1. The van der Waals surface area contributed by atoms with Crippen LogP contribution in [0.3, 0.4) is 0 Å². The molecule has 0 atom stereocenters. The zero-order valence-corrected chi connectivity index (χ0v) is 27.0. The number of rotatable bonds is 18. The number of nitrogens with zero attached hydrogens (tertiary/aromatic N) is 7. The number of anilines is 1. The summed E-state index contributed by atoms with van der Waals surface area (Å²) < 4.78 is 18.0. The highest BCUT2D eigenvalue weighted by Gasteiger charge is 2.19. The number of likely N-dealkylation sites (N-methyl/N-ethyl adjacent to an activating group) is 1. The van der Waals surface area contributed by atoms with E-state index in [-0.39, 0.29) is 5.97 Å². The van der Waals surface area contributed by atoms with Crippen molar-refractivity contribution in [3.63, 3.8) is 0 Å². The van der Waals surface area contributed by atoms with E-state index in [0.717, 1.165) is 96.6 Å². The number of aromatic nitrogens is 4. The second kappa shape index (κ2) is 17.1. The highest BCUT2D eigenvalue weighted by molar-refractivity contribution is 5.83. The summed E-state index contributed by atoms with van der Waals surface area (Å²) in [5.74, 6) is 0.106. The van der Waals surface area contributed by atoms with Crippen molar-refractivity contribution in [3.8, 4) is 12.0 Å². The third kappa shape index (κ3) is 9.76. The fourth-order valence-electron chi connectivity index (χ4n) is 5.51. The first-order chi connectivity index (χ1) is 21.4. The smallest absolute Gasteiger partial charge is 0.320 e. The molecule has 0 spiro atoms. The Kier molecular flexibility index (Phi) is 13.0. The summed E-state index contributed by atoms with van der Waals surface area (Å²) in [5.41, 5.74) is 9.60. The Morgan fingerprint density at radius 3 is 2.41 bits per heavy atom.